The number of hydrogen-bond donors (Lipinski definition) is 1. The maximum absolute atomic E-state index is 13.2. The topological polar surface area (TPSA) is 70.1 Å². The monoisotopic (exact) mass is 394 g/mol. The molecule has 0 unspecified atom stereocenters. The summed E-state index contributed by atoms with van der Waals surface area (Å²) in [6.45, 7) is 8.33. The van der Waals surface area contributed by atoms with Gasteiger partial charge in [-0.05, 0) is 35.3 Å². The van der Waals surface area contributed by atoms with E-state index in [1.54, 1.807) is 25.1 Å². The van der Waals surface area contributed by atoms with Crippen LogP contribution in [-0.2, 0) is 17.9 Å². The summed E-state index contributed by atoms with van der Waals surface area (Å²) in [7, 11) is 3.23. The zero-order valence-corrected chi connectivity index (χ0v) is 17.2. The van der Waals surface area contributed by atoms with Crippen LogP contribution in [0.3, 0.4) is 0 Å². The van der Waals surface area contributed by atoms with Crippen LogP contribution in [0.2, 0.25) is 0 Å². The van der Waals surface area contributed by atoms with Gasteiger partial charge in [0.05, 0.1) is 12.7 Å². The normalized spacial score (nSPS) is 12.7. The third-order valence-electron chi connectivity index (χ3n) is 5.31. The van der Waals surface area contributed by atoms with Crippen LogP contribution in [0.25, 0.3) is 0 Å². The molecule has 0 radical (unpaired) electrons. The second kappa shape index (κ2) is 7.99. The van der Waals surface area contributed by atoms with E-state index in [2.05, 4.69) is 6.58 Å². The first kappa shape index (κ1) is 20.5. The lowest BCUT2D eigenvalue weighted by molar-refractivity contribution is -0.113. The molecule has 2 amide bonds. The van der Waals surface area contributed by atoms with Gasteiger partial charge in [-0.3, -0.25) is 9.59 Å². The second-order valence-electron chi connectivity index (χ2n) is 7.44. The van der Waals surface area contributed by atoms with Gasteiger partial charge in [-0.15, -0.1) is 0 Å². The van der Waals surface area contributed by atoms with Gasteiger partial charge in [0, 0.05) is 37.5 Å². The van der Waals surface area contributed by atoms with Crippen molar-refractivity contribution >= 4 is 17.5 Å². The molecule has 1 aliphatic rings. The molecule has 29 heavy (non-hydrogen) atoms. The summed E-state index contributed by atoms with van der Waals surface area (Å²) in [4.78, 5) is 28.5. The number of carbonyl (C=O) groups is 2. The highest BCUT2D eigenvalue weighted by molar-refractivity contribution is 6.02. The molecule has 152 valence electrons. The molecule has 0 saturated heterocycles. The number of carbonyl (C=O) groups excluding carboxylic acids is 2. The first-order chi connectivity index (χ1) is 13.8. The molecule has 3 rings (SSSR count). The Morgan fingerprint density at radius 3 is 2.62 bits per heavy atom. The largest absolute Gasteiger partial charge is 0.507 e. The minimum absolute atomic E-state index is 0.105. The van der Waals surface area contributed by atoms with Crippen molar-refractivity contribution in [1.82, 2.24) is 4.90 Å². The highest BCUT2D eigenvalue weighted by Crippen LogP contribution is 2.36. The van der Waals surface area contributed by atoms with Crippen molar-refractivity contribution in [1.29, 1.82) is 0 Å². The van der Waals surface area contributed by atoms with Gasteiger partial charge < -0.3 is 19.6 Å². The van der Waals surface area contributed by atoms with E-state index in [0.29, 0.717) is 18.8 Å². The van der Waals surface area contributed by atoms with Crippen LogP contribution in [0.4, 0.5) is 5.69 Å². The van der Waals surface area contributed by atoms with Gasteiger partial charge >= 0.3 is 0 Å². The summed E-state index contributed by atoms with van der Waals surface area (Å²) in [5, 5.41) is 10.4. The number of benzene rings is 2. The number of anilines is 1. The van der Waals surface area contributed by atoms with Gasteiger partial charge in [0.2, 0.25) is 5.91 Å². The first-order valence-electron chi connectivity index (χ1n) is 9.49. The molecule has 1 heterocycles. The number of phenolic OH excluding ortho intramolecular Hbond substituents is 1. The van der Waals surface area contributed by atoms with Gasteiger partial charge in [0.15, 0.2) is 0 Å². The average molecular weight is 394 g/mol. The Morgan fingerprint density at radius 1 is 1.28 bits per heavy atom. The lowest BCUT2D eigenvalue weighted by Gasteiger charge is -2.20. The van der Waals surface area contributed by atoms with Crippen LogP contribution in [0.15, 0.2) is 43.0 Å². The molecule has 0 fully saturated rings. The third kappa shape index (κ3) is 3.70. The van der Waals surface area contributed by atoms with Crippen LogP contribution < -0.4 is 9.64 Å². The fourth-order valence-electron chi connectivity index (χ4n) is 3.67. The molecule has 0 atom stereocenters. The molecule has 0 spiro atoms. The van der Waals surface area contributed by atoms with Crippen molar-refractivity contribution in [3.05, 3.63) is 65.2 Å². The summed E-state index contributed by atoms with van der Waals surface area (Å²) < 4.78 is 5.34. The van der Waals surface area contributed by atoms with E-state index in [0.717, 1.165) is 22.4 Å². The molecule has 0 bridgehead atoms. The second-order valence-corrected chi connectivity index (χ2v) is 7.44. The summed E-state index contributed by atoms with van der Waals surface area (Å²) in [5.41, 5.74) is 3.78. The Kier molecular flexibility index (Phi) is 5.64. The van der Waals surface area contributed by atoms with Gasteiger partial charge in [-0.1, -0.05) is 32.6 Å². The molecule has 0 saturated carbocycles. The Balaban J connectivity index is 1.94. The standard InChI is InChI=1S/C23H26N2O4/c1-6-22(27)24(4)19-9-7-8-15-12-25(13-18(15)19)23(28)17-10-16(14(2)3)21(29-5)11-20(17)26/h6-11,14,26H,1,12-13H2,2-5H3. The molecule has 0 aliphatic carbocycles. The fraction of sp³-hybridized carbons (Fsp3) is 0.304. The highest BCUT2D eigenvalue weighted by Gasteiger charge is 2.30. The molecule has 2 aromatic rings. The van der Waals surface area contributed by atoms with E-state index >= 15 is 0 Å². The maximum atomic E-state index is 13.2. The molecule has 0 aromatic heterocycles. The van der Waals surface area contributed by atoms with Crippen molar-refractivity contribution in [3.8, 4) is 11.5 Å². The molecule has 1 N–H and O–H groups in total. The van der Waals surface area contributed by atoms with Crippen LogP contribution >= 0.6 is 0 Å². The van der Waals surface area contributed by atoms with E-state index in [1.165, 1.54) is 17.0 Å². The van der Waals surface area contributed by atoms with E-state index in [9.17, 15) is 14.7 Å². The number of amides is 2. The number of phenols is 1. The van der Waals surface area contributed by atoms with Crippen LogP contribution in [-0.4, -0.2) is 36.0 Å². The van der Waals surface area contributed by atoms with Crippen molar-refractivity contribution in [2.45, 2.75) is 32.9 Å². The quantitative estimate of drug-likeness (QED) is 0.783. The summed E-state index contributed by atoms with van der Waals surface area (Å²) in [6.07, 6.45) is 1.26. The Bertz CT molecular complexity index is 981. The Morgan fingerprint density at radius 2 is 2.00 bits per heavy atom. The number of methoxy groups -OCH3 is 1. The van der Waals surface area contributed by atoms with Gasteiger partial charge in [-0.25, -0.2) is 0 Å². The van der Waals surface area contributed by atoms with E-state index in [4.69, 9.17) is 4.74 Å². The Hall–Kier alpha value is -3.28. The van der Waals surface area contributed by atoms with Crippen LogP contribution in [0.5, 0.6) is 11.5 Å². The van der Waals surface area contributed by atoms with E-state index in [-0.39, 0.29) is 29.0 Å². The molecular weight excluding hydrogens is 368 g/mol. The fourth-order valence-corrected chi connectivity index (χ4v) is 3.67. The Labute approximate surface area is 171 Å². The minimum Gasteiger partial charge on any atom is -0.507 e. The highest BCUT2D eigenvalue weighted by atomic mass is 16.5. The van der Waals surface area contributed by atoms with Crippen LogP contribution in [0.1, 0.15) is 46.8 Å². The van der Waals surface area contributed by atoms with Crippen molar-refractivity contribution in [2.24, 2.45) is 0 Å². The van der Waals surface area contributed by atoms with Gasteiger partial charge in [-0.2, -0.15) is 0 Å². The lowest BCUT2D eigenvalue weighted by atomic mass is 9.98. The van der Waals surface area contributed by atoms with E-state index < -0.39 is 0 Å². The zero-order valence-electron chi connectivity index (χ0n) is 17.2. The van der Waals surface area contributed by atoms with Crippen molar-refractivity contribution in [3.63, 3.8) is 0 Å². The predicted octanol–water partition coefficient (Wildman–Crippen LogP) is 3.83. The smallest absolute Gasteiger partial charge is 0.258 e. The molecule has 2 aromatic carbocycles. The number of nitrogens with zero attached hydrogens (tertiary/aromatic N) is 2. The van der Waals surface area contributed by atoms with E-state index in [1.807, 2.05) is 32.0 Å². The van der Waals surface area contributed by atoms with Gasteiger partial charge in [0.1, 0.15) is 11.5 Å². The zero-order chi connectivity index (χ0) is 21.3. The maximum Gasteiger partial charge on any atom is 0.258 e. The number of ether oxygens (including phenoxy) is 1. The van der Waals surface area contributed by atoms with Crippen LogP contribution in [0, 0.1) is 0 Å². The number of aromatic hydroxyl groups is 1. The SMILES string of the molecule is C=CC(=O)N(C)c1cccc2c1CN(C(=O)c1cc(C(C)C)c(OC)cc1O)C2. The number of fused-ring (bicyclic) bond motifs is 1. The van der Waals surface area contributed by atoms with Crippen molar-refractivity contribution < 1.29 is 19.4 Å². The molecular formula is C23H26N2O4. The third-order valence-corrected chi connectivity index (χ3v) is 5.31. The van der Waals surface area contributed by atoms with Crippen molar-refractivity contribution in [2.75, 3.05) is 19.1 Å². The number of likely N-dealkylation sites (N-methyl/N-ethyl adjacent to an activating group) is 1. The molecule has 6 heteroatoms. The number of hydrogen-bond acceptors (Lipinski definition) is 4. The predicted molar refractivity (Wildman–Crippen MR) is 112 cm³/mol. The lowest BCUT2D eigenvalue weighted by Crippen LogP contribution is -2.27. The average Bonchev–Trinajstić information content (AvgIpc) is 3.15. The summed E-state index contributed by atoms with van der Waals surface area (Å²) >= 11 is 0. The van der Waals surface area contributed by atoms with Gasteiger partial charge in [0.25, 0.3) is 5.91 Å². The molecule has 1 aliphatic heterocycles. The number of rotatable bonds is 5. The molecule has 6 nitrogen and oxygen atoms in total. The summed E-state index contributed by atoms with van der Waals surface area (Å²) in [6, 6.07) is 8.88. The first-order valence-corrected chi connectivity index (χ1v) is 9.49. The summed E-state index contributed by atoms with van der Waals surface area (Å²) in [5.74, 6) is 0.125. The minimum atomic E-state index is -0.257.